The van der Waals surface area contributed by atoms with E-state index in [4.69, 9.17) is 2.74 Å². The van der Waals surface area contributed by atoms with Crippen LogP contribution < -0.4 is 0 Å². The van der Waals surface area contributed by atoms with Crippen molar-refractivity contribution in [2.24, 2.45) is 5.92 Å². The lowest BCUT2D eigenvalue weighted by molar-refractivity contribution is 0.408. The fraction of sp³-hybridized carbons (Fsp3) is 0.600. The SMILES string of the molecule is [2H]C([2H])CCC(c1ccccc1)C1CCCC1. The van der Waals surface area contributed by atoms with Crippen LogP contribution >= 0.6 is 0 Å². The van der Waals surface area contributed by atoms with Crippen molar-refractivity contribution in [1.29, 1.82) is 0 Å². The van der Waals surface area contributed by atoms with Crippen molar-refractivity contribution in [3.05, 3.63) is 35.9 Å². The molecule has 1 aromatic carbocycles. The van der Waals surface area contributed by atoms with Crippen LogP contribution in [0.3, 0.4) is 0 Å². The Bertz CT molecular complexity index is 315. The van der Waals surface area contributed by atoms with E-state index in [2.05, 4.69) is 30.3 Å². The quantitative estimate of drug-likeness (QED) is 0.663. The molecule has 0 heterocycles. The topological polar surface area (TPSA) is 0 Å². The van der Waals surface area contributed by atoms with Crippen LogP contribution in [0, 0.1) is 5.92 Å². The molecule has 1 aliphatic carbocycles. The van der Waals surface area contributed by atoms with E-state index in [9.17, 15) is 0 Å². The largest absolute Gasteiger partial charge is 0.0654 e. The third kappa shape index (κ3) is 2.62. The molecule has 0 aliphatic heterocycles. The molecule has 1 unspecified atom stereocenters. The van der Waals surface area contributed by atoms with Crippen LogP contribution in [-0.4, -0.2) is 0 Å². The molecular weight excluding hydrogens is 180 g/mol. The van der Waals surface area contributed by atoms with Gasteiger partial charge in [0.1, 0.15) is 0 Å². The second kappa shape index (κ2) is 5.34. The summed E-state index contributed by atoms with van der Waals surface area (Å²) in [6, 6.07) is 10.7. The Balaban J connectivity index is 2.06. The molecule has 0 saturated heterocycles. The van der Waals surface area contributed by atoms with Gasteiger partial charge in [0.05, 0.1) is 0 Å². The summed E-state index contributed by atoms with van der Waals surface area (Å²) < 4.78 is 14.7. The van der Waals surface area contributed by atoms with Crippen molar-refractivity contribution in [3.63, 3.8) is 0 Å². The van der Waals surface area contributed by atoms with E-state index in [1.165, 1.54) is 31.2 Å². The highest BCUT2D eigenvalue weighted by Crippen LogP contribution is 2.39. The minimum atomic E-state index is -0.664. The molecule has 0 bridgehead atoms. The van der Waals surface area contributed by atoms with Gasteiger partial charge in [0, 0.05) is 2.74 Å². The molecule has 0 radical (unpaired) electrons. The molecule has 1 aliphatic rings. The number of hydrogen-bond donors (Lipinski definition) is 0. The third-order valence-electron chi connectivity index (χ3n) is 3.67. The van der Waals surface area contributed by atoms with Gasteiger partial charge in [-0.05, 0) is 36.7 Å². The summed E-state index contributed by atoms with van der Waals surface area (Å²) in [5.41, 5.74) is 1.42. The van der Waals surface area contributed by atoms with Crippen LogP contribution in [0.4, 0.5) is 0 Å². The zero-order valence-electron chi connectivity index (χ0n) is 11.4. The molecule has 0 amide bonds. The van der Waals surface area contributed by atoms with E-state index < -0.39 is 6.88 Å². The molecule has 0 nitrogen and oxygen atoms in total. The van der Waals surface area contributed by atoms with Gasteiger partial charge in [-0.25, -0.2) is 0 Å². The maximum Gasteiger partial charge on any atom is 0.0230 e. The Hall–Kier alpha value is -0.780. The van der Waals surface area contributed by atoms with Gasteiger partial charge in [-0.2, -0.15) is 0 Å². The first-order valence-electron chi connectivity index (χ1n) is 7.32. The highest BCUT2D eigenvalue weighted by Gasteiger charge is 2.25. The second-order valence-electron chi connectivity index (χ2n) is 4.64. The first-order chi connectivity index (χ1) is 8.27. The van der Waals surface area contributed by atoms with Crippen LogP contribution in [0.2, 0.25) is 0 Å². The second-order valence-corrected chi connectivity index (χ2v) is 4.64. The number of hydrogen-bond acceptors (Lipinski definition) is 0. The first-order valence-corrected chi connectivity index (χ1v) is 6.17. The van der Waals surface area contributed by atoms with Crippen LogP contribution in [0.1, 0.15) is 59.6 Å². The first kappa shape index (κ1) is 8.38. The molecule has 1 fully saturated rings. The molecular formula is C15H22. The van der Waals surface area contributed by atoms with Gasteiger partial charge in [-0.15, -0.1) is 0 Å². The van der Waals surface area contributed by atoms with Crippen molar-refractivity contribution in [2.75, 3.05) is 0 Å². The minimum absolute atomic E-state index is 0.580. The monoisotopic (exact) mass is 204 g/mol. The summed E-state index contributed by atoms with van der Waals surface area (Å²) in [7, 11) is 0. The lowest BCUT2D eigenvalue weighted by atomic mass is 9.82. The van der Waals surface area contributed by atoms with E-state index in [1.807, 2.05) is 0 Å². The Morgan fingerprint density at radius 1 is 1.27 bits per heavy atom. The fourth-order valence-corrected chi connectivity index (χ4v) is 2.91. The van der Waals surface area contributed by atoms with Gasteiger partial charge in [0.2, 0.25) is 0 Å². The summed E-state index contributed by atoms with van der Waals surface area (Å²) in [6.45, 7) is -0.664. The highest BCUT2D eigenvalue weighted by molar-refractivity contribution is 5.20. The summed E-state index contributed by atoms with van der Waals surface area (Å²) in [6.07, 6.45) is 7.10. The Kier molecular flexibility index (Phi) is 2.99. The predicted octanol–water partition coefficient (Wildman–Crippen LogP) is 4.76. The van der Waals surface area contributed by atoms with Crippen molar-refractivity contribution < 1.29 is 2.74 Å². The van der Waals surface area contributed by atoms with Gasteiger partial charge in [-0.1, -0.05) is 56.5 Å². The summed E-state index contributed by atoms with van der Waals surface area (Å²) in [5.74, 6) is 1.37. The van der Waals surface area contributed by atoms with E-state index in [0.717, 1.165) is 12.3 Å². The molecule has 1 saturated carbocycles. The number of rotatable bonds is 4. The summed E-state index contributed by atoms with van der Waals surface area (Å²) in [4.78, 5) is 0. The average molecular weight is 204 g/mol. The molecule has 0 N–H and O–H groups in total. The molecule has 0 aromatic heterocycles. The standard InChI is InChI=1S/C15H22/c1-2-8-15(14-11-6-7-12-14)13-9-4-3-5-10-13/h3-5,9-10,14-15H,2,6-8,11-12H2,1H3/i1D2. The van der Waals surface area contributed by atoms with Crippen LogP contribution in [0.15, 0.2) is 30.3 Å². The van der Waals surface area contributed by atoms with Crippen LogP contribution in [0.25, 0.3) is 0 Å². The maximum absolute atomic E-state index is 7.37. The zero-order valence-corrected chi connectivity index (χ0v) is 9.36. The Labute approximate surface area is 96.5 Å². The summed E-state index contributed by atoms with van der Waals surface area (Å²) >= 11 is 0. The van der Waals surface area contributed by atoms with Crippen molar-refractivity contribution in [1.82, 2.24) is 0 Å². The average Bonchev–Trinajstić information content (AvgIpc) is 2.84. The normalized spacial score (nSPS) is 21.4. The van der Waals surface area contributed by atoms with Crippen molar-refractivity contribution >= 4 is 0 Å². The Morgan fingerprint density at radius 3 is 2.67 bits per heavy atom. The van der Waals surface area contributed by atoms with E-state index in [0.29, 0.717) is 12.3 Å². The van der Waals surface area contributed by atoms with E-state index in [1.54, 1.807) is 0 Å². The van der Waals surface area contributed by atoms with E-state index in [-0.39, 0.29) is 0 Å². The highest BCUT2D eigenvalue weighted by atomic mass is 14.3. The van der Waals surface area contributed by atoms with Crippen LogP contribution in [-0.2, 0) is 0 Å². The maximum atomic E-state index is 7.37. The molecule has 1 atom stereocenters. The third-order valence-corrected chi connectivity index (χ3v) is 3.67. The smallest absolute Gasteiger partial charge is 0.0230 e. The van der Waals surface area contributed by atoms with Gasteiger partial charge >= 0.3 is 0 Å². The lowest BCUT2D eigenvalue weighted by Gasteiger charge is -2.23. The molecule has 0 heteroatoms. The summed E-state index contributed by atoms with van der Waals surface area (Å²) in [5, 5.41) is 0. The lowest BCUT2D eigenvalue weighted by Crippen LogP contribution is -2.09. The van der Waals surface area contributed by atoms with Gasteiger partial charge in [0.25, 0.3) is 0 Å². The van der Waals surface area contributed by atoms with Crippen molar-refractivity contribution in [3.8, 4) is 0 Å². The van der Waals surface area contributed by atoms with Crippen LogP contribution in [0.5, 0.6) is 0 Å². The fourth-order valence-electron chi connectivity index (χ4n) is 2.91. The molecule has 2 rings (SSSR count). The molecule has 82 valence electrons. The van der Waals surface area contributed by atoms with Gasteiger partial charge < -0.3 is 0 Å². The predicted molar refractivity (Wildman–Crippen MR) is 66.0 cm³/mol. The van der Waals surface area contributed by atoms with Gasteiger partial charge in [0.15, 0.2) is 0 Å². The zero-order chi connectivity index (χ0) is 12.1. The minimum Gasteiger partial charge on any atom is -0.0654 e. The van der Waals surface area contributed by atoms with E-state index >= 15 is 0 Å². The number of benzene rings is 1. The van der Waals surface area contributed by atoms with Gasteiger partial charge in [-0.3, -0.25) is 0 Å². The van der Waals surface area contributed by atoms with Crippen molar-refractivity contribution in [2.45, 2.75) is 51.3 Å². The molecule has 15 heavy (non-hydrogen) atoms. The molecule has 0 spiro atoms. The molecule has 1 aromatic rings. The Morgan fingerprint density at radius 2 is 2.00 bits per heavy atom.